The number of para-hydroxylation sites is 1. The lowest BCUT2D eigenvalue weighted by molar-refractivity contribution is -0.120. The van der Waals surface area contributed by atoms with E-state index in [4.69, 9.17) is 0 Å². The third-order valence-corrected chi connectivity index (χ3v) is 4.30. The molecule has 4 heteroatoms. The monoisotopic (exact) mass is 335 g/mol. The topological polar surface area (TPSA) is 37.3 Å². The van der Waals surface area contributed by atoms with E-state index in [-0.39, 0.29) is 5.91 Å². The van der Waals surface area contributed by atoms with Crippen molar-refractivity contribution in [2.24, 2.45) is 0 Å². The van der Waals surface area contributed by atoms with E-state index in [0.717, 1.165) is 18.7 Å². The molecule has 3 aromatic rings. The van der Waals surface area contributed by atoms with Gasteiger partial charge in [-0.3, -0.25) is 4.79 Å². The summed E-state index contributed by atoms with van der Waals surface area (Å²) >= 11 is 0. The highest BCUT2D eigenvalue weighted by Gasteiger charge is 2.05. The molecule has 0 fully saturated rings. The highest BCUT2D eigenvalue weighted by Crippen LogP contribution is 2.17. The van der Waals surface area contributed by atoms with Crippen LogP contribution in [0.1, 0.15) is 11.1 Å². The fraction of sp³-hybridized carbons (Fsp3) is 0.286. The zero-order chi connectivity index (χ0) is 17.6. The molecule has 0 spiro atoms. The molecule has 0 aliphatic heterocycles. The third kappa shape index (κ3) is 4.70. The van der Waals surface area contributed by atoms with Gasteiger partial charge < -0.3 is 14.8 Å². The minimum absolute atomic E-state index is 0.0750. The number of amides is 1. The number of benzene rings is 2. The Balaban J connectivity index is 1.58. The molecule has 0 saturated heterocycles. The Morgan fingerprint density at radius 2 is 1.72 bits per heavy atom. The van der Waals surface area contributed by atoms with E-state index in [1.165, 1.54) is 16.5 Å². The number of rotatable bonds is 7. The number of fused-ring (bicyclic) bond motifs is 1. The number of nitrogens with one attached hydrogen (secondary N) is 1. The molecule has 0 saturated carbocycles. The Kier molecular flexibility index (Phi) is 5.51. The van der Waals surface area contributed by atoms with Crippen LogP contribution >= 0.6 is 0 Å². The first-order chi connectivity index (χ1) is 12.1. The quantitative estimate of drug-likeness (QED) is 0.721. The maximum absolute atomic E-state index is 11.9. The zero-order valence-corrected chi connectivity index (χ0v) is 14.9. The van der Waals surface area contributed by atoms with Crippen molar-refractivity contribution in [1.82, 2.24) is 14.8 Å². The Labute approximate surface area is 149 Å². The van der Waals surface area contributed by atoms with Crippen LogP contribution < -0.4 is 5.32 Å². The minimum Gasteiger partial charge on any atom is -0.355 e. The SMILES string of the molecule is CN(C)CCNC(=O)Cc1ccc(Cn2ccc3ccccc32)cc1. The highest BCUT2D eigenvalue weighted by molar-refractivity contribution is 5.80. The fourth-order valence-electron chi connectivity index (χ4n) is 2.90. The van der Waals surface area contributed by atoms with E-state index in [9.17, 15) is 4.79 Å². The normalized spacial score (nSPS) is 11.2. The number of hydrogen-bond donors (Lipinski definition) is 1. The predicted octanol–water partition coefficient (Wildman–Crippen LogP) is 2.91. The number of likely N-dealkylation sites (N-methyl/N-ethyl adjacent to an activating group) is 1. The molecule has 0 aliphatic rings. The Morgan fingerprint density at radius 3 is 2.48 bits per heavy atom. The van der Waals surface area contributed by atoms with Gasteiger partial charge in [0.15, 0.2) is 0 Å². The van der Waals surface area contributed by atoms with Gasteiger partial charge in [-0.15, -0.1) is 0 Å². The number of nitrogens with zero attached hydrogens (tertiary/aromatic N) is 2. The number of carbonyl (C=O) groups is 1. The molecule has 0 radical (unpaired) electrons. The van der Waals surface area contributed by atoms with E-state index in [0.29, 0.717) is 13.0 Å². The second-order valence-electron chi connectivity index (χ2n) is 6.65. The Bertz CT molecular complexity index is 834. The summed E-state index contributed by atoms with van der Waals surface area (Å²) in [5.74, 6) is 0.0750. The van der Waals surface area contributed by atoms with Crippen LogP contribution in [-0.4, -0.2) is 42.6 Å². The predicted molar refractivity (Wildman–Crippen MR) is 103 cm³/mol. The van der Waals surface area contributed by atoms with Crippen molar-refractivity contribution in [1.29, 1.82) is 0 Å². The molecular formula is C21H25N3O. The van der Waals surface area contributed by atoms with Crippen LogP contribution in [0.3, 0.4) is 0 Å². The maximum Gasteiger partial charge on any atom is 0.224 e. The molecule has 3 rings (SSSR count). The van der Waals surface area contributed by atoms with Crippen molar-refractivity contribution >= 4 is 16.8 Å². The molecule has 1 aromatic heterocycles. The third-order valence-electron chi connectivity index (χ3n) is 4.30. The van der Waals surface area contributed by atoms with Crippen molar-refractivity contribution in [3.8, 4) is 0 Å². The van der Waals surface area contributed by atoms with Crippen LogP contribution in [-0.2, 0) is 17.8 Å². The van der Waals surface area contributed by atoms with Crippen LogP contribution in [0.2, 0.25) is 0 Å². The summed E-state index contributed by atoms with van der Waals surface area (Å²) < 4.78 is 2.25. The Hall–Kier alpha value is -2.59. The molecule has 0 atom stereocenters. The summed E-state index contributed by atoms with van der Waals surface area (Å²) in [5.41, 5.74) is 3.52. The molecule has 0 aliphatic carbocycles. The summed E-state index contributed by atoms with van der Waals surface area (Å²) in [7, 11) is 4.00. The molecule has 25 heavy (non-hydrogen) atoms. The molecular weight excluding hydrogens is 310 g/mol. The van der Waals surface area contributed by atoms with E-state index >= 15 is 0 Å². The number of hydrogen-bond acceptors (Lipinski definition) is 2. The van der Waals surface area contributed by atoms with Gasteiger partial charge in [-0.25, -0.2) is 0 Å². The van der Waals surface area contributed by atoms with Crippen molar-refractivity contribution < 1.29 is 4.79 Å². The molecule has 130 valence electrons. The standard InChI is InChI=1S/C21H25N3O/c1-23(2)14-12-22-21(25)15-17-7-9-18(10-8-17)16-24-13-11-19-5-3-4-6-20(19)24/h3-11,13H,12,14-16H2,1-2H3,(H,22,25). The second kappa shape index (κ2) is 7.99. The van der Waals surface area contributed by atoms with Crippen LogP contribution in [0.25, 0.3) is 10.9 Å². The van der Waals surface area contributed by atoms with Crippen LogP contribution in [0.15, 0.2) is 60.8 Å². The number of aromatic nitrogens is 1. The van der Waals surface area contributed by atoms with Gasteiger partial charge in [0.1, 0.15) is 0 Å². The van der Waals surface area contributed by atoms with Crippen LogP contribution in [0.4, 0.5) is 0 Å². The molecule has 1 amide bonds. The van der Waals surface area contributed by atoms with Gasteiger partial charge in [0, 0.05) is 31.3 Å². The first kappa shape index (κ1) is 17.2. The van der Waals surface area contributed by atoms with Gasteiger partial charge in [0.05, 0.1) is 6.42 Å². The van der Waals surface area contributed by atoms with E-state index < -0.39 is 0 Å². The molecule has 1 heterocycles. The van der Waals surface area contributed by atoms with E-state index in [2.05, 4.69) is 63.4 Å². The average molecular weight is 335 g/mol. The molecule has 2 aromatic carbocycles. The molecule has 1 N–H and O–H groups in total. The van der Waals surface area contributed by atoms with Gasteiger partial charge in [-0.05, 0) is 42.7 Å². The van der Waals surface area contributed by atoms with Gasteiger partial charge in [-0.2, -0.15) is 0 Å². The summed E-state index contributed by atoms with van der Waals surface area (Å²) in [6.07, 6.45) is 2.55. The molecule has 0 bridgehead atoms. The van der Waals surface area contributed by atoms with E-state index in [1.807, 2.05) is 26.2 Å². The lowest BCUT2D eigenvalue weighted by atomic mass is 10.1. The number of carbonyl (C=O) groups excluding carboxylic acids is 1. The molecule has 4 nitrogen and oxygen atoms in total. The van der Waals surface area contributed by atoms with E-state index in [1.54, 1.807) is 0 Å². The summed E-state index contributed by atoms with van der Waals surface area (Å²) in [6, 6.07) is 18.8. The van der Waals surface area contributed by atoms with Crippen LogP contribution in [0, 0.1) is 0 Å². The van der Waals surface area contributed by atoms with Gasteiger partial charge in [-0.1, -0.05) is 42.5 Å². The van der Waals surface area contributed by atoms with Crippen LogP contribution in [0.5, 0.6) is 0 Å². The van der Waals surface area contributed by atoms with Crippen molar-refractivity contribution in [2.75, 3.05) is 27.2 Å². The summed E-state index contributed by atoms with van der Waals surface area (Å²) in [5, 5.41) is 4.21. The largest absolute Gasteiger partial charge is 0.355 e. The maximum atomic E-state index is 11.9. The lowest BCUT2D eigenvalue weighted by Gasteiger charge is -2.11. The summed E-state index contributed by atoms with van der Waals surface area (Å²) in [6.45, 7) is 2.38. The highest BCUT2D eigenvalue weighted by atomic mass is 16.1. The van der Waals surface area contributed by atoms with Crippen molar-refractivity contribution in [3.05, 3.63) is 71.9 Å². The Morgan fingerprint density at radius 1 is 1.00 bits per heavy atom. The lowest BCUT2D eigenvalue weighted by Crippen LogP contribution is -2.32. The van der Waals surface area contributed by atoms with Crippen molar-refractivity contribution in [3.63, 3.8) is 0 Å². The smallest absolute Gasteiger partial charge is 0.224 e. The first-order valence-corrected chi connectivity index (χ1v) is 8.65. The first-order valence-electron chi connectivity index (χ1n) is 8.65. The minimum atomic E-state index is 0.0750. The average Bonchev–Trinajstić information content (AvgIpc) is 2.99. The second-order valence-corrected chi connectivity index (χ2v) is 6.65. The van der Waals surface area contributed by atoms with Gasteiger partial charge >= 0.3 is 0 Å². The summed E-state index contributed by atoms with van der Waals surface area (Å²) in [4.78, 5) is 14.0. The zero-order valence-electron chi connectivity index (χ0n) is 14.9. The van der Waals surface area contributed by atoms with Gasteiger partial charge in [0.2, 0.25) is 5.91 Å². The van der Waals surface area contributed by atoms with Gasteiger partial charge in [0.25, 0.3) is 0 Å². The molecule has 0 unspecified atom stereocenters. The fourth-order valence-corrected chi connectivity index (χ4v) is 2.90. The van der Waals surface area contributed by atoms with Crippen molar-refractivity contribution in [2.45, 2.75) is 13.0 Å².